The predicted molar refractivity (Wildman–Crippen MR) is 83.6 cm³/mol. The van der Waals surface area contributed by atoms with Gasteiger partial charge in [0.25, 0.3) is 0 Å². The number of nitrogen functional groups attached to an aromatic ring is 2. The zero-order chi connectivity index (χ0) is 18.3. The van der Waals surface area contributed by atoms with E-state index in [9.17, 15) is 21.6 Å². The van der Waals surface area contributed by atoms with Crippen LogP contribution in [0.2, 0.25) is 0 Å². The highest BCUT2D eigenvalue weighted by Gasteiger charge is 2.39. The van der Waals surface area contributed by atoms with Crippen LogP contribution in [-0.4, -0.2) is 23.6 Å². The van der Waals surface area contributed by atoms with Gasteiger partial charge in [-0.3, -0.25) is 0 Å². The van der Waals surface area contributed by atoms with Gasteiger partial charge < -0.3 is 11.5 Å². The number of hydrogen-bond acceptors (Lipinski definition) is 6. The van der Waals surface area contributed by atoms with Gasteiger partial charge in [-0.15, -0.1) is 0 Å². The number of rotatable bonds is 3. The predicted octanol–water partition coefficient (Wildman–Crippen LogP) is 2.51. The van der Waals surface area contributed by atoms with Crippen LogP contribution in [0.15, 0.2) is 29.2 Å². The van der Waals surface area contributed by atoms with Crippen LogP contribution in [0.4, 0.5) is 24.9 Å². The van der Waals surface area contributed by atoms with Crippen LogP contribution in [0, 0.1) is 0 Å². The van der Waals surface area contributed by atoms with Gasteiger partial charge in [-0.2, -0.15) is 18.2 Å². The average molecular weight is 360 g/mol. The van der Waals surface area contributed by atoms with Gasteiger partial charge in [-0.05, 0) is 19.9 Å². The molecule has 0 aliphatic carbocycles. The smallest absolute Gasteiger partial charge is 0.383 e. The molecule has 0 atom stereocenters. The van der Waals surface area contributed by atoms with Crippen molar-refractivity contribution in [2.75, 3.05) is 11.5 Å². The summed E-state index contributed by atoms with van der Waals surface area (Å²) < 4.78 is 65.0. The van der Waals surface area contributed by atoms with E-state index in [-0.39, 0.29) is 10.5 Å². The second kappa shape index (κ2) is 5.93. The summed E-state index contributed by atoms with van der Waals surface area (Å²) in [5, 5.41) is -0.829. The maximum absolute atomic E-state index is 13.4. The van der Waals surface area contributed by atoms with Gasteiger partial charge in [-0.1, -0.05) is 18.2 Å². The highest BCUT2D eigenvalue weighted by atomic mass is 32.2. The largest absolute Gasteiger partial charge is 0.422 e. The lowest BCUT2D eigenvalue weighted by atomic mass is 10.1. The minimum Gasteiger partial charge on any atom is -0.383 e. The number of nitrogens with two attached hydrogens (primary N) is 2. The van der Waals surface area contributed by atoms with Crippen molar-refractivity contribution in [3.8, 4) is 11.3 Å². The molecule has 6 nitrogen and oxygen atoms in total. The van der Waals surface area contributed by atoms with Gasteiger partial charge in [0.1, 0.15) is 11.4 Å². The van der Waals surface area contributed by atoms with E-state index in [1.54, 1.807) is 0 Å². The van der Waals surface area contributed by atoms with Crippen LogP contribution in [-0.2, 0) is 16.0 Å². The Hall–Kier alpha value is -2.36. The molecule has 0 radical (unpaired) electrons. The molecule has 0 saturated carbocycles. The van der Waals surface area contributed by atoms with Gasteiger partial charge in [0, 0.05) is 5.56 Å². The van der Waals surface area contributed by atoms with E-state index < -0.39 is 44.3 Å². The maximum atomic E-state index is 13.4. The molecule has 1 aromatic heterocycles. The van der Waals surface area contributed by atoms with Crippen LogP contribution in [0.25, 0.3) is 11.3 Å². The molecule has 0 aliphatic heterocycles. The number of sulfone groups is 1. The van der Waals surface area contributed by atoms with Crippen molar-refractivity contribution in [3.05, 3.63) is 29.8 Å². The Labute approximate surface area is 136 Å². The van der Waals surface area contributed by atoms with Gasteiger partial charge in [0.05, 0.1) is 15.8 Å². The van der Waals surface area contributed by atoms with Crippen LogP contribution < -0.4 is 11.5 Å². The lowest BCUT2D eigenvalue weighted by Crippen LogP contribution is -2.18. The number of alkyl halides is 3. The summed E-state index contributed by atoms with van der Waals surface area (Å²) in [6.45, 7) is 2.86. The summed E-state index contributed by atoms with van der Waals surface area (Å²) in [6.07, 6.45) is -4.87. The van der Waals surface area contributed by atoms with Gasteiger partial charge in [0.15, 0.2) is 9.84 Å². The maximum Gasteiger partial charge on any atom is 0.422 e. The van der Waals surface area contributed by atoms with Crippen molar-refractivity contribution in [1.82, 2.24) is 9.97 Å². The molecule has 1 heterocycles. The van der Waals surface area contributed by atoms with Crippen molar-refractivity contribution in [2.45, 2.75) is 30.2 Å². The molecule has 0 aliphatic rings. The lowest BCUT2D eigenvalue weighted by molar-refractivity contribution is -0.136. The first-order valence-electron chi connectivity index (χ1n) is 6.79. The molecule has 0 bridgehead atoms. The van der Waals surface area contributed by atoms with E-state index in [0.717, 1.165) is 0 Å². The summed E-state index contributed by atoms with van der Waals surface area (Å²) in [4.78, 5) is 6.66. The van der Waals surface area contributed by atoms with Crippen molar-refractivity contribution in [1.29, 1.82) is 0 Å². The first-order chi connectivity index (χ1) is 11.0. The van der Waals surface area contributed by atoms with E-state index in [2.05, 4.69) is 9.97 Å². The quantitative estimate of drug-likeness (QED) is 0.870. The molecular weight excluding hydrogens is 345 g/mol. The Balaban J connectivity index is 2.90. The second-order valence-electron chi connectivity index (χ2n) is 5.28. The third-order valence-corrected chi connectivity index (χ3v) is 5.52. The minimum atomic E-state index is -4.87. The van der Waals surface area contributed by atoms with E-state index >= 15 is 0 Å². The summed E-state index contributed by atoms with van der Waals surface area (Å²) in [6, 6.07) is 5.27. The minimum absolute atomic E-state index is 0.223. The number of aromatic nitrogens is 2. The molecule has 0 fully saturated rings. The third-order valence-electron chi connectivity index (χ3n) is 3.31. The Morgan fingerprint density at radius 3 is 2.21 bits per heavy atom. The van der Waals surface area contributed by atoms with Crippen molar-refractivity contribution < 1.29 is 21.6 Å². The fourth-order valence-electron chi connectivity index (χ4n) is 2.13. The molecule has 2 rings (SSSR count). The molecule has 24 heavy (non-hydrogen) atoms. The highest BCUT2D eigenvalue weighted by molar-refractivity contribution is 7.92. The second-order valence-corrected chi connectivity index (χ2v) is 7.75. The molecule has 4 N–H and O–H groups in total. The standard InChI is InChI=1S/C14H15F3N4O2S/c1-7(2)24(22,23)9-6-4-3-5-8(9)11-10(14(15,16)17)12(18)21-13(19)20-11/h3-7H,1-2H3,(H4,18,19,20,21). The first-order valence-corrected chi connectivity index (χ1v) is 8.34. The molecule has 0 spiro atoms. The number of benzene rings is 1. The van der Waals surface area contributed by atoms with E-state index in [4.69, 9.17) is 11.5 Å². The van der Waals surface area contributed by atoms with Gasteiger partial charge >= 0.3 is 6.18 Å². The Bertz CT molecular complexity index is 880. The molecule has 0 amide bonds. The number of nitrogens with zero attached hydrogens (tertiary/aromatic N) is 2. The van der Waals surface area contributed by atoms with E-state index in [0.29, 0.717) is 0 Å². The SMILES string of the molecule is CC(C)S(=O)(=O)c1ccccc1-c1nc(N)nc(N)c1C(F)(F)F. The highest BCUT2D eigenvalue weighted by Crippen LogP contribution is 2.41. The normalized spacial score (nSPS) is 12.6. The van der Waals surface area contributed by atoms with Gasteiger partial charge in [-0.25, -0.2) is 13.4 Å². The Morgan fingerprint density at radius 2 is 1.67 bits per heavy atom. The fraction of sp³-hybridized carbons (Fsp3) is 0.286. The number of halogens is 3. The zero-order valence-electron chi connectivity index (χ0n) is 12.8. The van der Waals surface area contributed by atoms with E-state index in [1.807, 2.05) is 0 Å². The van der Waals surface area contributed by atoms with Gasteiger partial charge in [0.2, 0.25) is 5.95 Å². The summed E-state index contributed by atoms with van der Waals surface area (Å²) in [5.74, 6) is -1.34. The molecule has 10 heteroatoms. The topological polar surface area (TPSA) is 112 Å². The number of hydrogen-bond donors (Lipinski definition) is 2. The van der Waals surface area contributed by atoms with Crippen molar-refractivity contribution in [2.24, 2.45) is 0 Å². The molecule has 0 saturated heterocycles. The molecule has 1 aromatic carbocycles. The van der Waals surface area contributed by atoms with Crippen LogP contribution in [0.5, 0.6) is 0 Å². The van der Waals surface area contributed by atoms with Crippen molar-refractivity contribution >= 4 is 21.6 Å². The summed E-state index contributed by atoms with van der Waals surface area (Å²) in [7, 11) is -3.85. The van der Waals surface area contributed by atoms with E-state index in [1.165, 1.54) is 38.1 Å². The van der Waals surface area contributed by atoms with Crippen LogP contribution in [0.3, 0.4) is 0 Å². The third kappa shape index (κ3) is 3.14. The first kappa shape index (κ1) is 18.0. The summed E-state index contributed by atoms with van der Waals surface area (Å²) >= 11 is 0. The fourth-order valence-corrected chi connectivity index (χ4v) is 3.38. The lowest BCUT2D eigenvalue weighted by Gasteiger charge is -2.17. The average Bonchev–Trinajstić information content (AvgIpc) is 2.44. The van der Waals surface area contributed by atoms with Crippen molar-refractivity contribution in [3.63, 3.8) is 0 Å². The molecular formula is C14H15F3N4O2S. The Morgan fingerprint density at radius 1 is 1.08 bits per heavy atom. The molecule has 0 unspecified atom stereocenters. The Kier molecular flexibility index (Phi) is 4.44. The zero-order valence-corrected chi connectivity index (χ0v) is 13.6. The van der Waals surface area contributed by atoms with Crippen LogP contribution >= 0.6 is 0 Å². The molecule has 130 valence electrons. The molecule has 2 aromatic rings. The van der Waals surface area contributed by atoms with Crippen LogP contribution in [0.1, 0.15) is 19.4 Å². The monoisotopic (exact) mass is 360 g/mol. The summed E-state index contributed by atoms with van der Waals surface area (Å²) in [5.41, 5.74) is 8.57. The number of anilines is 2.